The van der Waals surface area contributed by atoms with E-state index in [0.29, 0.717) is 18.7 Å². The van der Waals surface area contributed by atoms with Crippen LogP contribution in [0.15, 0.2) is 58.3 Å². The minimum absolute atomic E-state index is 0.0772. The van der Waals surface area contributed by atoms with Gasteiger partial charge >= 0.3 is 0 Å². The standard InChI is InChI=1S/C16H20N2O5S2/c1-3-12-17-24(19,20)15-8-4-13(5-9-15)18-25(21,22)16-10-6-14(23-2)7-11-16/h4-11,17-18H,3,12H2,1-2H3. The third-order valence-electron chi connectivity index (χ3n) is 3.33. The summed E-state index contributed by atoms with van der Waals surface area (Å²) in [5.74, 6) is 0.549. The van der Waals surface area contributed by atoms with E-state index in [-0.39, 0.29) is 15.5 Å². The summed E-state index contributed by atoms with van der Waals surface area (Å²) in [4.78, 5) is 0.156. The van der Waals surface area contributed by atoms with E-state index in [2.05, 4.69) is 9.44 Å². The lowest BCUT2D eigenvalue weighted by atomic mass is 10.3. The summed E-state index contributed by atoms with van der Waals surface area (Å²) in [6.45, 7) is 2.20. The molecule has 0 amide bonds. The molecule has 0 saturated carbocycles. The third kappa shape index (κ3) is 4.94. The van der Waals surface area contributed by atoms with E-state index in [4.69, 9.17) is 4.74 Å². The molecular weight excluding hydrogens is 364 g/mol. The van der Waals surface area contributed by atoms with Gasteiger partial charge in [-0.2, -0.15) is 0 Å². The predicted octanol–water partition coefficient (Wildman–Crippen LogP) is 2.18. The van der Waals surface area contributed by atoms with Gasteiger partial charge in [-0.3, -0.25) is 4.72 Å². The maximum atomic E-state index is 12.3. The molecule has 0 radical (unpaired) electrons. The lowest BCUT2D eigenvalue weighted by Gasteiger charge is -2.10. The fourth-order valence-corrected chi connectivity index (χ4v) is 4.18. The van der Waals surface area contributed by atoms with Gasteiger partial charge in [-0.05, 0) is 55.0 Å². The summed E-state index contributed by atoms with van der Waals surface area (Å²) < 4.78 is 58.6. The van der Waals surface area contributed by atoms with Crippen LogP contribution >= 0.6 is 0 Å². The number of ether oxygens (including phenoxy) is 1. The van der Waals surface area contributed by atoms with Gasteiger partial charge in [0.05, 0.1) is 16.9 Å². The summed E-state index contributed by atoms with van der Waals surface area (Å²) in [7, 11) is -5.86. The van der Waals surface area contributed by atoms with Crippen molar-refractivity contribution in [1.29, 1.82) is 0 Å². The molecule has 0 heterocycles. The number of anilines is 1. The van der Waals surface area contributed by atoms with E-state index in [1.165, 1.54) is 43.5 Å². The number of benzene rings is 2. The number of rotatable bonds is 8. The van der Waals surface area contributed by atoms with Crippen molar-refractivity contribution in [2.75, 3.05) is 18.4 Å². The number of nitrogens with one attached hydrogen (secondary N) is 2. The monoisotopic (exact) mass is 384 g/mol. The molecule has 2 aromatic rings. The Balaban J connectivity index is 2.17. The molecule has 0 bridgehead atoms. The maximum Gasteiger partial charge on any atom is 0.261 e. The van der Waals surface area contributed by atoms with Gasteiger partial charge in [0.25, 0.3) is 10.0 Å². The molecule has 0 aromatic heterocycles. The topological polar surface area (TPSA) is 102 Å². The molecule has 0 atom stereocenters. The average molecular weight is 384 g/mol. The van der Waals surface area contributed by atoms with Crippen LogP contribution in [0.4, 0.5) is 5.69 Å². The van der Waals surface area contributed by atoms with E-state index >= 15 is 0 Å². The van der Waals surface area contributed by atoms with Gasteiger partial charge in [-0.25, -0.2) is 21.6 Å². The molecule has 136 valence electrons. The van der Waals surface area contributed by atoms with Gasteiger partial charge in [0.15, 0.2) is 0 Å². The number of hydrogen-bond donors (Lipinski definition) is 2. The van der Waals surface area contributed by atoms with Crippen LogP contribution in [0.3, 0.4) is 0 Å². The van der Waals surface area contributed by atoms with Crippen LogP contribution < -0.4 is 14.2 Å². The Morgan fingerprint density at radius 3 is 1.88 bits per heavy atom. The van der Waals surface area contributed by atoms with E-state index in [1.54, 1.807) is 12.1 Å². The van der Waals surface area contributed by atoms with Crippen molar-refractivity contribution in [2.24, 2.45) is 0 Å². The highest BCUT2D eigenvalue weighted by molar-refractivity contribution is 7.92. The van der Waals surface area contributed by atoms with Crippen LogP contribution in [0.1, 0.15) is 13.3 Å². The van der Waals surface area contributed by atoms with Crippen molar-refractivity contribution in [2.45, 2.75) is 23.1 Å². The van der Waals surface area contributed by atoms with Crippen molar-refractivity contribution < 1.29 is 21.6 Å². The van der Waals surface area contributed by atoms with Crippen molar-refractivity contribution in [1.82, 2.24) is 4.72 Å². The summed E-state index contributed by atoms with van der Waals surface area (Å²) in [6.07, 6.45) is 0.680. The quantitative estimate of drug-likeness (QED) is 0.726. The fourth-order valence-electron chi connectivity index (χ4n) is 1.99. The molecule has 0 spiro atoms. The first-order valence-corrected chi connectivity index (χ1v) is 10.5. The zero-order chi connectivity index (χ0) is 18.5. The number of hydrogen-bond acceptors (Lipinski definition) is 5. The van der Waals surface area contributed by atoms with E-state index < -0.39 is 20.0 Å². The van der Waals surface area contributed by atoms with Gasteiger partial charge in [-0.1, -0.05) is 6.92 Å². The lowest BCUT2D eigenvalue weighted by molar-refractivity contribution is 0.414. The average Bonchev–Trinajstić information content (AvgIpc) is 2.60. The molecule has 0 fully saturated rings. The molecule has 0 aliphatic carbocycles. The maximum absolute atomic E-state index is 12.3. The largest absolute Gasteiger partial charge is 0.497 e. The molecule has 0 saturated heterocycles. The minimum atomic E-state index is -3.77. The second-order valence-corrected chi connectivity index (χ2v) is 8.65. The molecule has 25 heavy (non-hydrogen) atoms. The van der Waals surface area contributed by atoms with Gasteiger partial charge in [0.2, 0.25) is 10.0 Å². The van der Waals surface area contributed by atoms with E-state index in [0.717, 1.165) is 0 Å². The zero-order valence-corrected chi connectivity index (χ0v) is 15.5. The molecule has 2 rings (SSSR count). The third-order valence-corrected chi connectivity index (χ3v) is 6.20. The van der Waals surface area contributed by atoms with Crippen LogP contribution in [0.25, 0.3) is 0 Å². The Bertz CT molecular complexity index is 906. The summed E-state index contributed by atoms with van der Waals surface area (Å²) in [5.41, 5.74) is 0.269. The predicted molar refractivity (Wildman–Crippen MR) is 95.7 cm³/mol. The highest BCUT2D eigenvalue weighted by Crippen LogP contribution is 2.20. The van der Waals surface area contributed by atoms with Crippen LogP contribution in [-0.4, -0.2) is 30.5 Å². The molecule has 7 nitrogen and oxygen atoms in total. The zero-order valence-electron chi connectivity index (χ0n) is 13.9. The van der Waals surface area contributed by atoms with Gasteiger partial charge in [-0.15, -0.1) is 0 Å². The normalized spacial score (nSPS) is 11.9. The first kappa shape index (κ1) is 19.2. The van der Waals surface area contributed by atoms with Crippen molar-refractivity contribution in [3.63, 3.8) is 0 Å². The molecule has 9 heteroatoms. The van der Waals surface area contributed by atoms with Crippen molar-refractivity contribution >= 4 is 25.7 Å². The fraction of sp³-hybridized carbons (Fsp3) is 0.250. The Morgan fingerprint density at radius 1 is 0.840 bits per heavy atom. The van der Waals surface area contributed by atoms with E-state index in [9.17, 15) is 16.8 Å². The molecule has 2 aromatic carbocycles. The van der Waals surface area contributed by atoms with Gasteiger partial charge in [0.1, 0.15) is 5.75 Å². The highest BCUT2D eigenvalue weighted by Gasteiger charge is 2.16. The Hall–Kier alpha value is -2.10. The second kappa shape index (κ2) is 7.85. The summed E-state index contributed by atoms with van der Waals surface area (Å²) in [5, 5.41) is 0. The number of methoxy groups -OCH3 is 1. The van der Waals surface area contributed by atoms with Crippen molar-refractivity contribution in [3.8, 4) is 5.75 Å². The van der Waals surface area contributed by atoms with Crippen LogP contribution in [-0.2, 0) is 20.0 Å². The lowest BCUT2D eigenvalue weighted by Crippen LogP contribution is -2.24. The van der Waals surface area contributed by atoms with Crippen LogP contribution in [0.5, 0.6) is 5.75 Å². The summed E-state index contributed by atoms with van der Waals surface area (Å²) >= 11 is 0. The Labute approximate surface area is 148 Å². The molecule has 2 N–H and O–H groups in total. The smallest absolute Gasteiger partial charge is 0.261 e. The first-order valence-electron chi connectivity index (χ1n) is 7.55. The van der Waals surface area contributed by atoms with E-state index in [1.807, 2.05) is 6.92 Å². The Kier molecular flexibility index (Phi) is 6.04. The molecule has 0 unspecified atom stereocenters. The first-order chi connectivity index (χ1) is 11.8. The van der Waals surface area contributed by atoms with Crippen molar-refractivity contribution in [3.05, 3.63) is 48.5 Å². The minimum Gasteiger partial charge on any atom is -0.497 e. The second-order valence-electron chi connectivity index (χ2n) is 5.20. The van der Waals surface area contributed by atoms with Crippen LogP contribution in [0, 0.1) is 0 Å². The highest BCUT2D eigenvalue weighted by atomic mass is 32.2. The Morgan fingerprint density at radius 2 is 1.36 bits per heavy atom. The van der Waals surface area contributed by atoms with Gasteiger partial charge in [0, 0.05) is 12.2 Å². The van der Waals surface area contributed by atoms with Crippen LogP contribution in [0.2, 0.25) is 0 Å². The number of sulfonamides is 2. The van der Waals surface area contributed by atoms with Gasteiger partial charge < -0.3 is 4.74 Å². The molecule has 0 aliphatic heterocycles. The molecule has 0 aliphatic rings. The molecular formula is C16H20N2O5S2. The summed E-state index contributed by atoms with van der Waals surface area (Å²) in [6, 6.07) is 11.5. The SMILES string of the molecule is CCCNS(=O)(=O)c1ccc(NS(=O)(=O)c2ccc(OC)cc2)cc1.